The van der Waals surface area contributed by atoms with Gasteiger partial charge in [0.2, 0.25) is 5.95 Å². The molecule has 2 heterocycles. The molecule has 9 heteroatoms. The Morgan fingerprint density at radius 3 is 2.72 bits per heavy atom. The van der Waals surface area contributed by atoms with Crippen molar-refractivity contribution in [2.45, 2.75) is 63.2 Å². The maximum atomic E-state index is 6.08. The van der Waals surface area contributed by atoms with Crippen molar-refractivity contribution in [1.29, 1.82) is 0 Å². The topological polar surface area (TPSA) is 93.7 Å². The van der Waals surface area contributed by atoms with Crippen LogP contribution >= 0.6 is 35.0 Å². The molecular formula is C23H29ClIN7. The van der Waals surface area contributed by atoms with Crippen molar-refractivity contribution in [2.24, 2.45) is 5.73 Å². The zero-order valence-corrected chi connectivity index (χ0v) is 20.8. The Kier molecular flexibility index (Phi) is 7.52. The maximum absolute atomic E-state index is 6.08. The molecule has 2 aliphatic rings. The molecule has 7 nitrogen and oxygen atoms in total. The number of allylic oxidation sites excluding steroid dienone is 2. The molecule has 1 fully saturated rings. The highest BCUT2D eigenvalue weighted by Gasteiger charge is 2.22. The maximum Gasteiger partial charge on any atom is 0.227 e. The molecule has 3 aromatic rings. The predicted octanol–water partition coefficient (Wildman–Crippen LogP) is 5.04. The summed E-state index contributed by atoms with van der Waals surface area (Å²) in [6.45, 7) is 0.691. The number of rotatable bonds is 6. The van der Waals surface area contributed by atoms with Gasteiger partial charge < -0.3 is 20.9 Å². The van der Waals surface area contributed by atoms with Crippen molar-refractivity contribution >= 4 is 57.9 Å². The highest BCUT2D eigenvalue weighted by molar-refractivity contribution is 14.1. The van der Waals surface area contributed by atoms with Crippen LogP contribution in [0.15, 0.2) is 42.7 Å². The van der Waals surface area contributed by atoms with E-state index in [4.69, 9.17) is 15.7 Å². The highest BCUT2D eigenvalue weighted by Crippen LogP contribution is 2.30. The van der Waals surface area contributed by atoms with Gasteiger partial charge in [0.05, 0.1) is 12.4 Å². The SMILES string of the molecule is Cl.NC1CCC(Nc2nc(NCc3cccc(I)c3)c3ncn(C4C=CCC4)c3n2)CC1. The average molecular weight is 566 g/mol. The summed E-state index contributed by atoms with van der Waals surface area (Å²) in [4.78, 5) is 14.4. The summed E-state index contributed by atoms with van der Waals surface area (Å²) in [6, 6.07) is 9.48. The smallest absolute Gasteiger partial charge is 0.227 e. The van der Waals surface area contributed by atoms with Crippen LogP contribution in [-0.4, -0.2) is 31.6 Å². The van der Waals surface area contributed by atoms with Crippen molar-refractivity contribution in [3.05, 3.63) is 51.9 Å². The van der Waals surface area contributed by atoms with E-state index in [1.807, 2.05) is 6.33 Å². The van der Waals surface area contributed by atoms with Crippen molar-refractivity contribution in [3.8, 4) is 0 Å². The first-order valence-electron chi connectivity index (χ1n) is 11.1. The lowest BCUT2D eigenvalue weighted by Crippen LogP contribution is -2.33. The number of nitrogens with zero attached hydrogens (tertiary/aromatic N) is 4. The van der Waals surface area contributed by atoms with Crippen molar-refractivity contribution in [1.82, 2.24) is 19.5 Å². The lowest BCUT2D eigenvalue weighted by molar-refractivity contribution is 0.410. The molecule has 0 bridgehead atoms. The van der Waals surface area contributed by atoms with Crippen molar-refractivity contribution < 1.29 is 0 Å². The summed E-state index contributed by atoms with van der Waals surface area (Å²) >= 11 is 2.34. The second-order valence-electron chi connectivity index (χ2n) is 8.53. The van der Waals surface area contributed by atoms with Crippen LogP contribution in [0.5, 0.6) is 0 Å². The number of imidazole rings is 1. The summed E-state index contributed by atoms with van der Waals surface area (Å²) in [6.07, 6.45) is 12.8. The molecule has 0 radical (unpaired) electrons. The molecule has 1 unspecified atom stereocenters. The Morgan fingerprint density at radius 2 is 1.97 bits per heavy atom. The van der Waals surface area contributed by atoms with Gasteiger partial charge in [-0.05, 0) is 78.8 Å². The lowest BCUT2D eigenvalue weighted by atomic mass is 9.92. The Balaban J connectivity index is 0.00000245. The van der Waals surface area contributed by atoms with Crippen LogP contribution in [0.3, 0.4) is 0 Å². The summed E-state index contributed by atoms with van der Waals surface area (Å²) in [7, 11) is 0. The molecular weight excluding hydrogens is 537 g/mol. The molecule has 0 aliphatic heterocycles. The molecule has 0 saturated heterocycles. The number of aromatic nitrogens is 4. The third-order valence-electron chi connectivity index (χ3n) is 6.22. The third kappa shape index (κ3) is 5.18. The number of nitrogens with two attached hydrogens (primary N) is 1. The minimum atomic E-state index is 0. The van der Waals surface area contributed by atoms with Crippen LogP contribution < -0.4 is 16.4 Å². The van der Waals surface area contributed by atoms with Gasteiger partial charge in [0, 0.05) is 22.2 Å². The number of benzene rings is 1. The van der Waals surface area contributed by atoms with Crippen LogP contribution in [0.25, 0.3) is 11.2 Å². The van der Waals surface area contributed by atoms with E-state index >= 15 is 0 Å². The lowest BCUT2D eigenvalue weighted by Gasteiger charge is -2.27. The molecule has 0 amide bonds. The standard InChI is InChI=1S/C23H28IN7.ClH/c24-16-5-3-4-15(12-16)13-26-21-20-22(31(14-27-20)19-6-1-2-7-19)30-23(29-21)28-18-10-8-17(25)9-11-18;/h1,3-6,12,14,17-19H,2,7-11,13,25H2,(H2,26,28,29,30);1H. The monoisotopic (exact) mass is 565 g/mol. The number of hydrogen-bond acceptors (Lipinski definition) is 6. The number of hydrogen-bond donors (Lipinski definition) is 3. The summed E-state index contributed by atoms with van der Waals surface area (Å²) in [5, 5.41) is 7.08. The third-order valence-corrected chi connectivity index (χ3v) is 6.89. The van der Waals surface area contributed by atoms with Gasteiger partial charge in [0.15, 0.2) is 17.0 Å². The van der Waals surface area contributed by atoms with Gasteiger partial charge in [0.25, 0.3) is 0 Å². The van der Waals surface area contributed by atoms with E-state index in [1.165, 1.54) is 9.13 Å². The number of anilines is 2. The largest absolute Gasteiger partial charge is 0.364 e. The van der Waals surface area contributed by atoms with E-state index < -0.39 is 0 Å². The number of halogens is 2. The van der Waals surface area contributed by atoms with E-state index in [2.05, 4.69) is 79.2 Å². The Bertz CT molecular complexity index is 1090. The summed E-state index contributed by atoms with van der Waals surface area (Å²) < 4.78 is 3.40. The second-order valence-corrected chi connectivity index (χ2v) is 9.78. The number of fused-ring (bicyclic) bond motifs is 1. The van der Waals surface area contributed by atoms with Gasteiger partial charge in [-0.1, -0.05) is 24.3 Å². The van der Waals surface area contributed by atoms with Gasteiger partial charge >= 0.3 is 0 Å². The molecule has 1 saturated carbocycles. The minimum Gasteiger partial charge on any atom is -0.364 e. The van der Waals surface area contributed by atoms with Crippen molar-refractivity contribution in [2.75, 3.05) is 10.6 Å². The van der Waals surface area contributed by atoms with E-state index in [0.717, 1.165) is 55.5 Å². The molecule has 1 atom stereocenters. The molecule has 2 aromatic heterocycles. The van der Waals surface area contributed by atoms with E-state index in [9.17, 15) is 0 Å². The van der Waals surface area contributed by atoms with Crippen LogP contribution in [-0.2, 0) is 6.54 Å². The van der Waals surface area contributed by atoms with Crippen LogP contribution in [0.4, 0.5) is 11.8 Å². The predicted molar refractivity (Wildman–Crippen MR) is 140 cm³/mol. The molecule has 4 N–H and O–H groups in total. The van der Waals surface area contributed by atoms with Gasteiger partial charge in [0.1, 0.15) is 0 Å². The summed E-state index contributed by atoms with van der Waals surface area (Å²) in [5.74, 6) is 1.45. The van der Waals surface area contributed by atoms with Gasteiger partial charge in [-0.25, -0.2) is 4.98 Å². The number of nitrogens with one attached hydrogen (secondary N) is 2. The zero-order valence-electron chi connectivity index (χ0n) is 17.9. The van der Waals surface area contributed by atoms with Crippen LogP contribution in [0.1, 0.15) is 50.1 Å². The first-order valence-corrected chi connectivity index (χ1v) is 12.2. The first-order chi connectivity index (χ1) is 15.2. The quantitative estimate of drug-likeness (QED) is 0.287. The molecule has 5 rings (SSSR count). The van der Waals surface area contributed by atoms with Gasteiger partial charge in [-0.15, -0.1) is 12.4 Å². The second kappa shape index (κ2) is 10.4. The van der Waals surface area contributed by atoms with Gasteiger partial charge in [-0.2, -0.15) is 9.97 Å². The Labute approximate surface area is 208 Å². The molecule has 1 aromatic carbocycles. The first kappa shape index (κ1) is 23.3. The fourth-order valence-corrected chi connectivity index (χ4v) is 5.08. The molecule has 32 heavy (non-hydrogen) atoms. The van der Waals surface area contributed by atoms with Crippen LogP contribution in [0.2, 0.25) is 0 Å². The van der Waals surface area contributed by atoms with E-state index in [-0.39, 0.29) is 12.4 Å². The van der Waals surface area contributed by atoms with Crippen molar-refractivity contribution in [3.63, 3.8) is 0 Å². The fourth-order valence-electron chi connectivity index (χ4n) is 4.47. The van der Waals surface area contributed by atoms with E-state index in [0.29, 0.717) is 30.6 Å². The molecule has 170 valence electrons. The van der Waals surface area contributed by atoms with Gasteiger partial charge in [-0.3, -0.25) is 0 Å². The fraction of sp³-hybridized carbons (Fsp3) is 0.435. The highest BCUT2D eigenvalue weighted by atomic mass is 127. The Morgan fingerprint density at radius 1 is 1.12 bits per heavy atom. The average Bonchev–Trinajstić information content (AvgIpc) is 3.43. The molecule has 2 aliphatic carbocycles. The molecule has 0 spiro atoms. The zero-order chi connectivity index (χ0) is 21.2. The normalized spacial score (nSPS) is 22.6. The summed E-state index contributed by atoms with van der Waals surface area (Å²) in [5.41, 5.74) is 9.00. The van der Waals surface area contributed by atoms with Crippen LogP contribution in [0, 0.1) is 3.57 Å². The van der Waals surface area contributed by atoms with E-state index in [1.54, 1.807) is 0 Å². The Hall–Kier alpha value is -1.91. The minimum absolute atomic E-state index is 0.